The number of nitrogens with zero attached hydrogens (tertiary/aromatic N) is 4. The van der Waals surface area contributed by atoms with Gasteiger partial charge in [0.25, 0.3) is 0 Å². The monoisotopic (exact) mass is 1350 g/mol. The second-order valence-corrected chi connectivity index (χ2v) is 29.8. The number of pyridine rings is 1. The third-order valence-corrected chi connectivity index (χ3v) is 19.8. The molecule has 0 saturated heterocycles. The van der Waals surface area contributed by atoms with Crippen molar-refractivity contribution in [1.82, 2.24) is 18.7 Å². The number of para-hydroxylation sites is 4. The number of imidazole rings is 1. The Morgan fingerprint density at radius 1 is 0.378 bits per heavy atom. The number of ether oxygens (including phenoxy) is 2. The molecule has 1 aliphatic heterocycles. The predicted molar refractivity (Wildman–Crippen MR) is 368 cm³/mol. The van der Waals surface area contributed by atoms with Crippen LogP contribution in [0.1, 0.15) is 128 Å². The third kappa shape index (κ3) is 9.22. The topological polar surface area (TPSA) is 46.1 Å². The summed E-state index contributed by atoms with van der Waals surface area (Å²) in [5, 5.41) is 2.26. The Labute approximate surface area is 539 Å². The van der Waals surface area contributed by atoms with Gasteiger partial charge in [-0.3, -0.25) is 0 Å². The summed E-state index contributed by atoms with van der Waals surface area (Å²) in [6.45, 7) is 27.8. The summed E-state index contributed by atoms with van der Waals surface area (Å²) >= 11 is 2.57. The van der Waals surface area contributed by atoms with Gasteiger partial charge >= 0.3 is 371 Å². The first-order chi connectivity index (χ1) is 43.1. The molecule has 6 nitrogen and oxygen atoms in total. The molecule has 0 amide bonds. The predicted octanol–water partition coefficient (Wildman–Crippen LogP) is 21.8. The number of aromatic nitrogens is 4. The zero-order valence-electron chi connectivity index (χ0n) is 53.4. The van der Waals surface area contributed by atoms with Crippen LogP contribution < -0.4 is 9.47 Å². The van der Waals surface area contributed by atoms with Crippen molar-refractivity contribution in [1.29, 1.82) is 0 Å². The zero-order valence-corrected chi connectivity index (χ0v) is 55.6. The Morgan fingerprint density at radius 3 is 1.59 bits per heavy atom. The van der Waals surface area contributed by atoms with E-state index in [1.54, 1.807) is 0 Å². The molecule has 2 aliphatic rings. The van der Waals surface area contributed by atoms with Gasteiger partial charge in [-0.15, -0.1) is 0 Å². The summed E-state index contributed by atoms with van der Waals surface area (Å²) in [4.78, 5) is 5.20. The Balaban J connectivity index is 0.914. The number of fused-ring (bicyclic) bond motifs is 13. The minimum atomic E-state index is -0.632. The molecular formula is C83H74N4O2Pt. The third-order valence-electron chi connectivity index (χ3n) is 18.8. The summed E-state index contributed by atoms with van der Waals surface area (Å²) in [7, 11) is 0. The molecule has 3 aromatic heterocycles. The van der Waals surface area contributed by atoms with Gasteiger partial charge in [-0.2, -0.15) is 0 Å². The van der Waals surface area contributed by atoms with E-state index in [0.29, 0.717) is 0 Å². The molecule has 0 saturated carbocycles. The fraction of sp³-hybridized carbons (Fsp3) is 0.205. The van der Waals surface area contributed by atoms with E-state index in [-0.39, 0.29) is 21.7 Å². The summed E-state index contributed by atoms with van der Waals surface area (Å²) in [5.41, 5.74) is 22.4. The van der Waals surface area contributed by atoms with Crippen molar-refractivity contribution in [2.75, 3.05) is 0 Å². The van der Waals surface area contributed by atoms with Gasteiger partial charge in [0.05, 0.1) is 5.41 Å². The number of benzene rings is 10. The van der Waals surface area contributed by atoms with E-state index in [4.69, 9.17) is 14.5 Å². The Hall–Kier alpha value is -9.09. The van der Waals surface area contributed by atoms with Crippen molar-refractivity contribution in [3.63, 3.8) is 0 Å². The summed E-state index contributed by atoms with van der Waals surface area (Å²) in [5.74, 6) is 4.04. The molecule has 0 radical (unpaired) electrons. The number of rotatable bonds is 7. The van der Waals surface area contributed by atoms with Crippen molar-refractivity contribution in [2.45, 2.75) is 110 Å². The molecular weight excluding hydrogens is 1280 g/mol. The van der Waals surface area contributed by atoms with Crippen LogP contribution in [0, 0.1) is 3.80 Å². The average Bonchev–Trinajstić information content (AvgIpc) is 1.47. The van der Waals surface area contributed by atoms with Gasteiger partial charge in [0.1, 0.15) is 11.5 Å². The fourth-order valence-electron chi connectivity index (χ4n) is 14.1. The second kappa shape index (κ2) is 20.7. The van der Waals surface area contributed by atoms with Crippen molar-refractivity contribution < 1.29 is 28.8 Å². The normalized spacial score (nSPS) is 13.6. The molecule has 0 atom stereocenters. The van der Waals surface area contributed by atoms with Crippen LogP contribution in [-0.2, 0) is 46.4 Å². The van der Waals surface area contributed by atoms with E-state index in [2.05, 4.69) is 341 Å². The Morgan fingerprint density at radius 2 is 0.933 bits per heavy atom. The SMILES string of the molecule is CC(C)(C)c1cc(-c2cc(C(C)(C)C)cc(-c3ccccc3)c2-n2[c](=[Pt])n(-c3cccc(Oc4ccc5c6cc7c(cc6n(-c6cc(C(C)(C)C)ccn6)c5c4)C4(c5ccccc5Oc5ccccc54)c4ccccc4-7)c3)c3ccccc32)cc(C(C)(C)C)c1. The van der Waals surface area contributed by atoms with Gasteiger partial charge in [-0.1, -0.05) is 81.4 Å². The summed E-state index contributed by atoms with van der Waals surface area (Å²) in [6, 6.07) is 82.6. The van der Waals surface area contributed by atoms with Crippen LogP contribution >= 0.6 is 0 Å². The molecule has 13 aromatic rings. The molecule has 4 heterocycles. The molecule has 448 valence electrons. The van der Waals surface area contributed by atoms with Gasteiger partial charge in [0, 0.05) is 17.3 Å². The van der Waals surface area contributed by atoms with Crippen LogP contribution in [0.3, 0.4) is 0 Å². The van der Waals surface area contributed by atoms with Crippen molar-refractivity contribution in [2.24, 2.45) is 0 Å². The Kier molecular flexibility index (Phi) is 13.2. The van der Waals surface area contributed by atoms with Crippen LogP contribution in [0.25, 0.3) is 83.4 Å². The van der Waals surface area contributed by atoms with Crippen LogP contribution in [-0.4, -0.2) is 18.7 Å². The number of hydrogen-bond donors (Lipinski definition) is 0. The van der Waals surface area contributed by atoms with Gasteiger partial charge in [-0.05, 0) is 51.4 Å². The molecule has 0 N–H and O–H groups in total. The average molecular weight is 1350 g/mol. The summed E-state index contributed by atoms with van der Waals surface area (Å²) < 4.78 is 22.2. The van der Waals surface area contributed by atoms with Crippen LogP contribution in [0.4, 0.5) is 0 Å². The van der Waals surface area contributed by atoms with Crippen LogP contribution in [0.2, 0.25) is 0 Å². The van der Waals surface area contributed by atoms with E-state index in [9.17, 15) is 0 Å². The molecule has 1 aliphatic carbocycles. The van der Waals surface area contributed by atoms with Crippen LogP contribution in [0.5, 0.6) is 23.0 Å². The van der Waals surface area contributed by atoms with Gasteiger partial charge in [-0.25, -0.2) is 0 Å². The molecule has 90 heavy (non-hydrogen) atoms. The molecule has 10 aromatic carbocycles. The summed E-state index contributed by atoms with van der Waals surface area (Å²) in [6.07, 6.45) is 1.96. The van der Waals surface area contributed by atoms with Gasteiger partial charge < -0.3 is 4.74 Å². The van der Waals surface area contributed by atoms with Gasteiger partial charge in [0.15, 0.2) is 0 Å². The van der Waals surface area contributed by atoms with Crippen molar-refractivity contribution in [3.8, 4) is 73.6 Å². The standard InChI is InChI=1S/C83H74N4O2.Pt/c1-79(2,3)54-39-40-84-77(46-54)87-73-48-60(37-38-62(73)66-49-65-61-29-16-17-30-67(61)83(70(65)50-74(66)87)68-31-18-22-35-75(68)89-76-36-23-19-32-69(76)83)88-59-28-24-27-58(47-59)85-51-86(72-34-21-20-33-71(72)85)78-63(52-25-14-13-15-26-52)44-57(82(10,11)12)45-64(78)53-41-55(80(4,5)6)43-56(42-53)81(7,8)9;/h13-50H,1-12H3;. The number of hydrogen-bond acceptors (Lipinski definition) is 3. The fourth-order valence-corrected chi connectivity index (χ4v) is 15.2. The molecule has 7 heteroatoms. The quantitative estimate of drug-likeness (QED) is 0.160. The molecule has 0 fully saturated rings. The first-order valence-electron chi connectivity index (χ1n) is 31.5. The minimum absolute atomic E-state index is 0.0748. The van der Waals surface area contributed by atoms with Crippen molar-refractivity contribution in [3.05, 3.63) is 279 Å². The molecule has 1 spiro atoms. The zero-order chi connectivity index (χ0) is 62.4. The molecule has 0 unspecified atom stereocenters. The van der Waals surface area contributed by atoms with E-state index >= 15 is 0 Å². The first kappa shape index (κ1) is 57.4. The maximum atomic E-state index is 7.16. The molecule has 0 bridgehead atoms. The molecule has 15 rings (SSSR count). The van der Waals surface area contributed by atoms with Crippen molar-refractivity contribution >= 4 is 32.8 Å². The van der Waals surface area contributed by atoms with E-state index < -0.39 is 5.41 Å². The van der Waals surface area contributed by atoms with E-state index in [0.717, 1.165) is 88.0 Å². The van der Waals surface area contributed by atoms with Gasteiger partial charge in [0.2, 0.25) is 0 Å². The van der Waals surface area contributed by atoms with E-state index in [1.165, 1.54) is 66.8 Å². The Bertz CT molecular complexity index is 5070. The second-order valence-electron chi connectivity index (χ2n) is 28.8. The maximum absolute atomic E-state index is 7.16. The first-order valence-corrected chi connectivity index (χ1v) is 32.6. The van der Waals surface area contributed by atoms with E-state index in [1.807, 2.05) is 6.20 Å². The van der Waals surface area contributed by atoms with Crippen LogP contribution in [0.15, 0.2) is 231 Å².